The van der Waals surface area contributed by atoms with Crippen molar-refractivity contribution in [3.05, 3.63) is 0 Å². The topological polar surface area (TPSA) is 102 Å². The zero-order valence-electron chi connectivity index (χ0n) is 20.6. The van der Waals surface area contributed by atoms with Gasteiger partial charge in [-0.25, -0.2) is 0 Å². The highest BCUT2D eigenvalue weighted by Crippen LogP contribution is 2.33. The van der Waals surface area contributed by atoms with E-state index >= 15 is 0 Å². The van der Waals surface area contributed by atoms with E-state index in [0.29, 0.717) is 25.9 Å². The number of hydrogen-bond donors (Lipinski definition) is 2. The van der Waals surface area contributed by atoms with Gasteiger partial charge >= 0.3 is 0 Å². The van der Waals surface area contributed by atoms with Crippen LogP contribution in [0.3, 0.4) is 0 Å². The Balaban J connectivity index is 2.64. The maximum absolute atomic E-state index is 10.7. The highest BCUT2D eigenvalue weighted by atomic mass is 16.6. The van der Waals surface area contributed by atoms with Crippen LogP contribution >= 0.6 is 0 Å². The lowest BCUT2D eigenvalue weighted by atomic mass is 9.77. The first-order valence-electron chi connectivity index (χ1n) is 11.6. The summed E-state index contributed by atoms with van der Waals surface area (Å²) in [5.41, 5.74) is 6.52. The molecule has 31 heavy (non-hydrogen) atoms. The van der Waals surface area contributed by atoms with Crippen LogP contribution in [0.2, 0.25) is 0 Å². The summed E-state index contributed by atoms with van der Waals surface area (Å²) in [6.07, 6.45) is 3.09. The summed E-state index contributed by atoms with van der Waals surface area (Å²) in [5, 5.41) is 10.7. The van der Waals surface area contributed by atoms with Crippen molar-refractivity contribution in [1.82, 2.24) is 0 Å². The lowest BCUT2D eigenvalue weighted by Gasteiger charge is -2.41. The molecule has 0 aromatic rings. The Bertz CT molecular complexity index is 438. The average Bonchev–Trinajstić information content (AvgIpc) is 2.78. The number of methoxy groups -OCH3 is 5. The van der Waals surface area contributed by atoms with Gasteiger partial charge in [0.05, 0.1) is 30.5 Å². The highest BCUT2D eigenvalue weighted by molar-refractivity contribution is 4.93. The van der Waals surface area contributed by atoms with E-state index in [0.717, 1.165) is 19.3 Å². The van der Waals surface area contributed by atoms with Gasteiger partial charge in [0.1, 0.15) is 12.2 Å². The van der Waals surface area contributed by atoms with Gasteiger partial charge in [-0.15, -0.1) is 0 Å². The summed E-state index contributed by atoms with van der Waals surface area (Å²) in [6, 6.07) is -0.144. The number of aliphatic hydroxyl groups excluding tert-OH is 1. The fourth-order valence-electron chi connectivity index (χ4n) is 4.89. The van der Waals surface area contributed by atoms with Crippen molar-refractivity contribution in [2.45, 2.75) is 101 Å². The summed E-state index contributed by atoms with van der Waals surface area (Å²) in [7, 11) is 8.44. The van der Waals surface area contributed by atoms with E-state index in [1.165, 1.54) is 0 Å². The van der Waals surface area contributed by atoms with Crippen LogP contribution in [-0.4, -0.2) is 96.0 Å². The number of nitrogens with two attached hydrogens (primary N) is 1. The maximum atomic E-state index is 10.7. The van der Waals surface area contributed by atoms with Gasteiger partial charge in [-0.1, -0.05) is 6.92 Å². The molecule has 0 bridgehead atoms. The molecular formula is C23H47NO7. The first kappa shape index (κ1) is 28.7. The van der Waals surface area contributed by atoms with Crippen molar-refractivity contribution in [3.63, 3.8) is 0 Å². The Hall–Kier alpha value is -0.320. The molecule has 1 rings (SSSR count). The van der Waals surface area contributed by atoms with Crippen LogP contribution in [0, 0.1) is 5.92 Å². The molecule has 1 aliphatic carbocycles. The molecule has 1 saturated carbocycles. The Labute approximate surface area is 189 Å². The number of hydrogen-bond acceptors (Lipinski definition) is 8. The fraction of sp³-hybridized carbons (Fsp3) is 1.00. The predicted octanol–water partition coefficient (Wildman–Crippen LogP) is 2.15. The molecule has 3 N–H and O–H groups in total. The summed E-state index contributed by atoms with van der Waals surface area (Å²) >= 11 is 0. The van der Waals surface area contributed by atoms with Gasteiger partial charge in [-0.2, -0.15) is 0 Å². The fourth-order valence-corrected chi connectivity index (χ4v) is 4.89. The molecule has 0 amide bonds. The maximum Gasteiger partial charge on any atom is 0.110 e. The predicted molar refractivity (Wildman–Crippen MR) is 120 cm³/mol. The van der Waals surface area contributed by atoms with E-state index in [1.807, 2.05) is 6.92 Å². The smallest absolute Gasteiger partial charge is 0.110 e. The minimum atomic E-state index is -0.514. The zero-order chi connectivity index (χ0) is 23.4. The highest BCUT2D eigenvalue weighted by Gasteiger charge is 2.41. The molecule has 7 unspecified atom stereocenters. The van der Waals surface area contributed by atoms with E-state index in [4.69, 9.17) is 34.2 Å². The largest absolute Gasteiger partial charge is 0.393 e. The minimum absolute atomic E-state index is 0.0442. The van der Waals surface area contributed by atoms with Gasteiger partial charge in [-0.05, 0) is 51.4 Å². The molecule has 0 saturated heterocycles. The first-order chi connectivity index (χ1) is 14.9. The number of aliphatic hydroxyl groups is 1. The van der Waals surface area contributed by atoms with Crippen LogP contribution in [0.1, 0.15) is 52.4 Å². The molecule has 8 heteroatoms. The van der Waals surface area contributed by atoms with Crippen molar-refractivity contribution in [3.8, 4) is 0 Å². The van der Waals surface area contributed by atoms with E-state index in [-0.39, 0.29) is 48.6 Å². The Morgan fingerprint density at radius 1 is 0.871 bits per heavy atom. The van der Waals surface area contributed by atoms with Gasteiger partial charge in [0.15, 0.2) is 0 Å². The van der Waals surface area contributed by atoms with E-state index in [2.05, 4.69) is 6.92 Å². The van der Waals surface area contributed by atoms with Crippen molar-refractivity contribution >= 4 is 0 Å². The van der Waals surface area contributed by atoms with Crippen LogP contribution in [0.25, 0.3) is 0 Å². The molecule has 1 aliphatic rings. The Morgan fingerprint density at radius 2 is 1.45 bits per heavy atom. The van der Waals surface area contributed by atoms with Gasteiger partial charge in [-0.3, -0.25) is 0 Å². The Morgan fingerprint density at radius 3 is 1.87 bits per heavy atom. The van der Waals surface area contributed by atoms with Crippen molar-refractivity contribution in [1.29, 1.82) is 0 Å². The zero-order valence-corrected chi connectivity index (χ0v) is 20.6. The van der Waals surface area contributed by atoms with Gasteiger partial charge in [0.25, 0.3) is 0 Å². The summed E-state index contributed by atoms with van der Waals surface area (Å²) in [6.45, 7) is 4.62. The standard InChI is InChI=1S/C23H47NO7/c1-8-18(26-3)23(31-9-2)19(27-4)11-10-16(25)14-17(24)15-12-20(28-5)22(30-7)21(13-15)29-6/h15-23,25H,8-14,24H2,1-7H3. The first-order valence-corrected chi connectivity index (χ1v) is 11.6. The summed E-state index contributed by atoms with van der Waals surface area (Å²) in [5.74, 6) is 0.198. The third-order valence-electron chi connectivity index (χ3n) is 6.71. The van der Waals surface area contributed by atoms with Gasteiger partial charge < -0.3 is 39.3 Å². The molecule has 0 spiro atoms. The third-order valence-corrected chi connectivity index (χ3v) is 6.71. The van der Waals surface area contributed by atoms with Crippen molar-refractivity contribution in [2.24, 2.45) is 11.7 Å². The monoisotopic (exact) mass is 449 g/mol. The number of rotatable bonds is 16. The minimum Gasteiger partial charge on any atom is -0.393 e. The van der Waals surface area contributed by atoms with E-state index in [1.54, 1.807) is 35.5 Å². The summed E-state index contributed by atoms with van der Waals surface area (Å²) < 4.78 is 34.1. The van der Waals surface area contributed by atoms with Gasteiger partial charge in [0.2, 0.25) is 0 Å². The molecule has 1 fully saturated rings. The normalized spacial score (nSPS) is 29.3. The van der Waals surface area contributed by atoms with Crippen LogP contribution < -0.4 is 5.73 Å². The van der Waals surface area contributed by atoms with Crippen molar-refractivity contribution < 1.29 is 33.5 Å². The SMILES string of the molecule is CCOC(C(CC)OC)C(CCC(O)CC(N)C1CC(OC)C(OC)C(OC)C1)OC. The van der Waals surface area contributed by atoms with E-state index in [9.17, 15) is 5.11 Å². The quantitative estimate of drug-likeness (QED) is 0.370. The second-order valence-corrected chi connectivity index (χ2v) is 8.49. The molecule has 0 heterocycles. The van der Waals surface area contributed by atoms with Crippen LogP contribution in [0.5, 0.6) is 0 Å². The molecule has 0 aromatic heterocycles. The Kier molecular flexibility index (Phi) is 14.4. The lowest BCUT2D eigenvalue weighted by molar-refractivity contribution is -0.143. The molecule has 7 atom stereocenters. The molecule has 0 aliphatic heterocycles. The second-order valence-electron chi connectivity index (χ2n) is 8.49. The molecule has 186 valence electrons. The van der Waals surface area contributed by atoms with Crippen LogP contribution in [-0.2, 0) is 28.4 Å². The molecular weight excluding hydrogens is 402 g/mol. The molecule has 0 aromatic carbocycles. The second kappa shape index (κ2) is 15.5. The van der Waals surface area contributed by atoms with Crippen LogP contribution in [0.15, 0.2) is 0 Å². The molecule has 8 nitrogen and oxygen atoms in total. The lowest BCUT2D eigenvalue weighted by Crippen LogP contribution is -2.51. The average molecular weight is 450 g/mol. The van der Waals surface area contributed by atoms with E-state index < -0.39 is 6.10 Å². The third kappa shape index (κ3) is 8.51. The van der Waals surface area contributed by atoms with Crippen LogP contribution in [0.4, 0.5) is 0 Å². The molecule has 0 radical (unpaired) electrons. The number of ether oxygens (including phenoxy) is 6. The van der Waals surface area contributed by atoms with Crippen molar-refractivity contribution in [2.75, 3.05) is 42.2 Å². The summed E-state index contributed by atoms with van der Waals surface area (Å²) in [4.78, 5) is 0. The van der Waals surface area contributed by atoms with Gasteiger partial charge in [0, 0.05) is 48.2 Å².